The van der Waals surface area contributed by atoms with Gasteiger partial charge in [-0.05, 0) is 44.2 Å². The molecule has 19 heavy (non-hydrogen) atoms. The number of nitrogens with one attached hydrogen (secondary N) is 1. The lowest BCUT2D eigenvalue weighted by Gasteiger charge is -2.13. The van der Waals surface area contributed by atoms with Gasteiger partial charge in [0.15, 0.2) is 0 Å². The summed E-state index contributed by atoms with van der Waals surface area (Å²) in [5.74, 6) is 1.03. The van der Waals surface area contributed by atoms with Crippen molar-refractivity contribution in [2.45, 2.75) is 32.6 Å². The third-order valence-electron chi connectivity index (χ3n) is 3.18. The van der Waals surface area contributed by atoms with Crippen LogP contribution in [0.5, 0.6) is 0 Å². The van der Waals surface area contributed by atoms with Gasteiger partial charge in [0.2, 0.25) is 17.2 Å². The minimum absolute atomic E-state index is 0.194. The number of nitrogens with zero attached hydrogens (tertiary/aromatic N) is 5. The van der Waals surface area contributed by atoms with Gasteiger partial charge in [0.1, 0.15) is 6.33 Å². The molecule has 0 fully saturated rings. The second-order valence-electron chi connectivity index (χ2n) is 4.47. The molecule has 0 saturated heterocycles. The minimum Gasteiger partial charge on any atom is -0.354 e. The molecular formula is C12H15ClN6. The Morgan fingerprint density at radius 2 is 2.11 bits per heavy atom. The Morgan fingerprint density at radius 3 is 2.95 bits per heavy atom. The maximum absolute atomic E-state index is 5.95. The predicted molar refractivity (Wildman–Crippen MR) is 72.8 cm³/mol. The Morgan fingerprint density at radius 1 is 1.26 bits per heavy atom. The Kier molecular flexibility index (Phi) is 3.33. The molecule has 0 aromatic carbocycles. The Labute approximate surface area is 116 Å². The third kappa shape index (κ3) is 2.40. The zero-order valence-corrected chi connectivity index (χ0v) is 11.5. The van der Waals surface area contributed by atoms with Gasteiger partial charge in [0.25, 0.3) is 0 Å². The van der Waals surface area contributed by atoms with Gasteiger partial charge in [0, 0.05) is 12.2 Å². The molecule has 2 heterocycles. The van der Waals surface area contributed by atoms with Crippen LogP contribution in [0.3, 0.4) is 0 Å². The summed E-state index contributed by atoms with van der Waals surface area (Å²) in [7, 11) is 0. The molecule has 7 heteroatoms. The minimum atomic E-state index is 0.194. The monoisotopic (exact) mass is 278 g/mol. The number of aryl methyl sites for hydroxylation is 1. The first-order valence-electron chi connectivity index (χ1n) is 6.49. The molecule has 0 bridgehead atoms. The molecule has 2 aromatic rings. The highest BCUT2D eigenvalue weighted by Gasteiger charge is 2.18. The van der Waals surface area contributed by atoms with Crippen molar-refractivity contribution in [3.63, 3.8) is 0 Å². The van der Waals surface area contributed by atoms with Crippen molar-refractivity contribution >= 4 is 17.5 Å². The van der Waals surface area contributed by atoms with Gasteiger partial charge in [-0.15, -0.1) is 0 Å². The molecule has 6 nitrogen and oxygen atoms in total. The number of hydrogen-bond acceptors (Lipinski definition) is 5. The van der Waals surface area contributed by atoms with Crippen molar-refractivity contribution in [1.29, 1.82) is 0 Å². The van der Waals surface area contributed by atoms with Crippen LogP contribution in [0, 0.1) is 0 Å². The number of halogens is 1. The fourth-order valence-corrected chi connectivity index (χ4v) is 2.48. The summed E-state index contributed by atoms with van der Waals surface area (Å²) in [4.78, 5) is 17.1. The van der Waals surface area contributed by atoms with E-state index in [0.717, 1.165) is 25.1 Å². The Bertz CT molecular complexity index is 594. The molecule has 100 valence electrons. The largest absolute Gasteiger partial charge is 0.354 e. The van der Waals surface area contributed by atoms with E-state index in [9.17, 15) is 0 Å². The highest BCUT2D eigenvalue weighted by atomic mass is 35.5. The van der Waals surface area contributed by atoms with E-state index in [-0.39, 0.29) is 5.28 Å². The Balaban J connectivity index is 2.04. The maximum Gasteiger partial charge on any atom is 0.241 e. The van der Waals surface area contributed by atoms with Crippen LogP contribution in [-0.2, 0) is 12.8 Å². The molecule has 0 radical (unpaired) electrons. The third-order valence-corrected chi connectivity index (χ3v) is 3.35. The van der Waals surface area contributed by atoms with E-state index < -0.39 is 0 Å². The van der Waals surface area contributed by atoms with Crippen LogP contribution in [0.1, 0.15) is 31.2 Å². The van der Waals surface area contributed by atoms with Crippen molar-refractivity contribution < 1.29 is 0 Å². The van der Waals surface area contributed by atoms with Gasteiger partial charge in [-0.3, -0.25) is 4.57 Å². The molecule has 1 N–H and O–H groups in total. The number of fused-ring (bicyclic) bond motifs is 1. The molecule has 1 aliphatic rings. The van der Waals surface area contributed by atoms with Crippen LogP contribution in [0.25, 0.3) is 5.95 Å². The van der Waals surface area contributed by atoms with Crippen molar-refractivity contribution in [2.75, 3.05) is 11.9 Å². The number of hydrogen-bond donors (Lipinski definition) is 1. The van der Waals surface area contributed by atoms with Crippen molar-refractivity contribution in [3.8, 4) is 5.95 Å². The summed E-state index contributed by atoms with van der Waals surface area (Å²) in [6.07, 6.45) is 6.19. The molecule has 1 aliphatic carbocycles. The number of anilines is 1. The van der Waals surface area contributed by atoms with E-state index in [0.29, 0.717) is 11.9 Å². The van der Waals surface area contributed by atoms with E-state index in [4.69, 9.17) is 11.6 Å². The van der Waals surface area contributed by atoms with Crippen molar-refractivity contribution in [3.05, 3.63) is 23.0 Å². The smallest absolute Gasteiger partial charge is 0.241 e. The van der Waals surface area contributed by atoms with Gasteiger partial charge in [0.05, 0.1) is 5.69 Å². The highest BCUT2D eigenvalue weighted by Crippen LogP contribution is 2.22. The average molecular weight is 279 g/mol. The summed E-state index contributed by atoms with van der Waals surface area (Å²) in [6, 6.07) is 0. The lowest BCUT2D eigenvalue weighted by atomic mass is 10.0. The van der Waals surface area contributed by atoms with E-state index >= 15 is 0 Å². The van der Waals surface area contributed by atoms with Crippen LogP contribution >= 0.6 is 11.6 Å². The van der Waals surface area contributed by atoms with E-state index in [1.54, 1.807) is 6.33 Å². The molecular weight excluding hydrogens is 264 g/mol. The van der Waals surface area contributed by atoms with Gasteiger partial charge in [-0.1, -0.05) is 0 Å². The molecule has 0 saturated carbocycles. The first-order valence-corrected chi connectivity index (χ1v) is 6.86. The van der Waals surface area contributed by atoms with Gasteiger partial charge in [-0.25, -0.2) is 4.98 Å². The molecule has 3 rings (SSSR count). The Hall–Kier alpha value is -1.69. The van der Waals surface area contributed by atoms with Gasteiger partial charge >= 0.3 is 0 Å². The number of rotatable bonds is 3. The quantitative estimate of drug-likeness (QED) is 0.930. The summed E-state index contributed by atoms with van der Waals surface area (Å²) in [5.41, 5.74) is 2.34. The lowest BCUT2D eigenvalue weighted by molar-refractivity contribution is 0.651. The number of imidazole rings is 1. The topological polar surface area (TPSA) is 68.5 Å². The van der Waals surface area contributed by atoms with Crippen LogP contribution in [0.15, 0.2) is 6.33 Å². The van der Waals surface area contributed by atoms with Gasteiger partial charge in [-0.2, -0.15) is 15.0 Å². The van der Waals surface area contributed by atoms with Gasteiger partial charge < -0.3 is 5.32 Å². The summed E-state index contributed by atoms with van der Waals surface area (Å²) in [5, 5.41) is 3.24. The number of aromatic nitrogens is 5. The standard InChI is InChI=1S/C12H15ClN6/c1-2-14-11-16-10(13)17-12(18-11)19-7-15-8-5-3-4-6-9(8)19/h7H,2-6H2,1H3,(H,14,16,17,18). The second kappa shape index (κ2) is 5.13. The van der Waals surface area contributed by atoms with Crippen LogP contribution in [0.2, 0.25) is 5.28 Å². The molecule has 0 amide bonds. The predicted octanol–water partition coefficient (Wildman–Crippen LogP) is 2.02. The molecule has 2 aromatic heterocycles. The first kappa shape index (κ1) is 12.3. The average Bonchev–Trinajstić information content (AvgIpc) is 2.82. The first-order chi connectivity index (χ1) is 9.28. The fourth-order valence-electron chi connectivity index (χ4n) is 2.33. The van der Waals surface area contributed by atoms with Crippen LogP contribution < -0.4 is 5.32 Å². The van der Waals surface area contributed by atoms with E-state index in [1.165, 1.54) is 18.5 Å². The maximum atomic E-state index is 5.95. The SMILES string of the molecule is CCNc1nc(Cl)nc(-n2cnc3c2CCCC3)n1. The summed E-state index contributed by atoms with van der Waals surface area (Å²) >= 11 is 5.95. The summed E-state index contributed by atoms with van der Waals surface area (Å²) < 4.78 is 1.92. The molecule has 0 unspecified atom stereocenters. The van der Waals surface area contributed by atoms with E-state index in [1.807, 2.05) is 11.5 Å². The second-order valence-corrected chi connectivity index (χ2v) is 4.81. The van der Waals surface area contributed by atoms with Crippen molar-refractivity contribution in [1.82, 2.24) is 24.5 Å². The van der Waals surface area contributed by atoms with E-state index in [2.05, 4.69) is 25.3 Å². The molecule has 0 aliphatic heterocycles. The van der Waals surface area contributed by atoms with Crippen LogP contribution in [0.4, 0.5) is 5.95 Å². The molecule has 0 spiro atoms. The zero-order valence-electron chi connectivity index (χ0n) is 10.7. The lowest BCUT2D eigenvalue weighted by Crippen LogP contribution is -2.12. The van der Waals surface area contributed by atoms with Crippen LogP contribution in [-0.4, -0.2) is 31.0 Å². The highest BCUT2D eigenvalue weighted by molar-refractivity contribution is 6.28. The molecule has 0 atom stereocenters. The normalized spacial score (nSPS) is 14.2. The fraction of sp³-hybridized carbons (Fsp3) is 0.500. The summed E-state index contributed by atoms with van der Waals surface area (Å²) in [6.45, 7) is 2.72. The zero-order chi connectivity index (χ0) is 13.2. The van der Waals surface area contributed by atoms with Crippen molar-refractivity contribution in [2.24, 2.45) is 0 Å².